The van der Waals surface area contributed by atoms with Crippen LogP contribution < -0.4 is 9.47 Å². The number of para-hydroxylation sites is 1. The number of hydrogen-bond acceptors (Lipinski definition) is 5. The van der Waals surface area contributed by atoms with Gasteiger partial charge in [-0.25, -0.2) is 22.9 Å². The lowest BCUT2D eigenvalue weighted by atomic mass is 10.00. The highest BCUT2D eigenvalue weighted by Gasteiger charge is 2.42. The molecule has 220 valence electrons. The lowest BCUT2D eigenvalue weighted by molar-refractivity contribution is -0.0705. The second kappa shape index (κ2) is 10.9. The zero-order chi connectivity index (χ0) is 30.5. The van der Waals surface area contributed by atoms with E-state index in [1.54, 1.807) is 35.8 Å². The van der Waals surface area contributed by atoms with Crippen LogP contribution in [0.1, 0.15) is 34.2 Å². The minimum Gasteiger partial charge on any atom is -0.478 e. The van der Waals surface area contributed by atoms with Gasteiger partial charge in [0.25, 0.3) is 5.79 Å². The fourth-order valence-corrected chi connectivity index (χ4v) is 5.44. The molecule has 0 aliphatic carbocycles. The van der Waals surface area contributed by atoms with Gasteiger partial charge in [0, 0.05) is 43.1 Å². The first kappa shape index (κ1) is 28.6. The van der Waals surface area contributed by atoms with Crippen LogP contribution in [-0.2, 0) is 23.5 Å². The minimum absolute atomic E-state index is 0.0656. The van der Waals surface area contributed by atoms with Crippen molar-refractivity contribution in [3.63, 3.8) is 0 Å². The second-order valence-corrected chi connectivity index (χ2v) is 10.6. The van der Waals surface area contributed by atoms with Crippen LogP contribution in [-0.4, -0.2) is 34.3 Å². The Balaban J connectivity index is 1.35. The average Bonchev–Trinajstić information content (AvgIpc) is 3.49. The lowest BCUT2D eigenvalue weighted by Gasteiger charge is -2.24. The highest BCUT2D eigenvalue weighted by Crippen LogP contribution is 2.50. The fourth-order valence-electron chi connectivity index (χ4n) is 5.28. The van der Waals surface area contributed by atoms with Gasteiger partial charge in [-0.2, -0.15) is 0 Å². The molecule has 0 amide bonds. The first-order valence-corrected chi connectivity index (χ1v) is 13.6. The average molecular weight is 609 g/mol. The maximum absolute atomic E-state index is 15.6. The molecule has 7 nitrogen and oxygen atoms in total. The van der Waals surface area contributed by atoms with Gasteiger partial charge >= 0.3 is 5.97 Å². The third-order valence-corrected chi connectivity index (χ3v) is 7.62. The van der Waals surface area contributed by atoms with Crippen molar-refractivity contribution in [1.29, 1.82) is 0 Å². The van der Waals surface area contributed by atoms with Crippen LogP contribution >= 0.6 is 11.6 Å². The maximum Gasteiger partial charge on any atom is 0.335 e. The summed E-state index contributed by atoms with van der Waals surface area (Å²) < 4.78 is 65.0. The minimum atomic E-state index is -1.54. The second-order valence-electron chi connectivity index (χ2n) is 10.2. The summed E-state index contributed by atoms with van der Waals surface area (Å²) in [6.07, 6.45) is -0.195. The molecule has 0 saturated carbocycles. The predicted molar refractivity (Wildman–Crippen MR) is 153 cm³/mol. The Kier molecular flexibility index (Phi) is 7.27. The summed E-state index contributed by atoms with van der Waals surface area (Å²) in [4.78, 5) is 16.1. The van der Waals surface area contributed by atoms with Gasteiger partial charge in [0.2, 0.25) is 0 Å². The molecule has 5 aromatic rings. The highest BCUT2D eigenvalue weighted by atomic mass is 35.5. The van der Waals surface area contributed by atoms with Crippen LogP contribution in [0.2, 0.25) is 5.02 Å². The number of rotatable bonds is 8. The quantitative estimate of drug-likeness (QED) is 0.198. The number of carbonyl (C=O) groups is 1. The van der Waals surface area contributed by atoms with E-state index in [0.29, 0.717) is 29.0 Å². The predicted octanol–water partition coefficient (Wildman–Crippen LogP) is 7.35. The third kappa shape index (κ3) is 5.17. The Hall–Kier alpha value is -4.54. The molecular weight excluding hydrogens is 585 g/mol. The summed E-state index contributed by atoms with van der Waals surface area (Å²) in [5, 5.41) is 9.64. The Bertz CT molecular complexity index is 1890. The molecule has 0 saturated heterocycles. The molecule has 0 radical (unpaired) electrons. The van der Waals surface area contributed by atoms with E-state index in [1.807, 2.05) is 0 Å². The van der Waals surface area contributed by atoms with E-state index in [9.17, 15) is 14.3 Å². The summed E-state index contributed by atoms with van der Waals surface area (Å²) in [6, 6.07) is 15.9. The number of methoxy groups -OCH3 is 1. The maximum atomic E-state index is 15.6. The summed E-state index contributed by atoms with van der Waals surface area (Å²) in [5.41, 5.74) is 1.52. The fraction of sp³-hybridized carbons (Fsp3) is 0.188. The Morgan fingerprint density at radius 1 is 1.02 bits per heavy atom. The van der Waals surface area contributed by atoms with Crippen molar-refractivity contribution >= 4 is 28.6 Å². The number of hydrogen-bond donors (Lipinski definition) is 1. The molecule has 1 aliphatic heterocycles. The van der Waals surface area contributed by atoms with E-state index in [1.165, 1.54) is 43.5 Å². The SMILES string of the molecule is COCCn1c(Cc2c(F)cc(-c3cccc4c3OC(C)(c3ccc(Cl)cc3F)O4)cc2F)nc2ccc(C(=O)O)cc21. The van der Waals surface area contributed by atoms with Gasteiger partial charge in [-0.05, 0) is 60.2 Å². The van der Waals surface area contributed by atoms with E-state index in [2.05, 4.69) is 4.98 Å². The first-order valence-electron chi connectivity index (χ1n) is 13.2. The van der Waals surface area contributed by atoms with Gasteiger partial charge in [-0.15, -0.1) is 0 Å². The number of imidazole rings is 1. The van der Waals surface area contributed by atoms with Gasteiger partial charge < -0.3 is 23.9 Å². The topological polar surface area (TPSA) is 82.8 Å². The standard InChI is InChI=1S/C32H24ClF3N2O5/c1-32(22-8-7-19(33)15-25(22)36)42-28-5-3-4-20(30(28)43-32)18-12-23(34)21(24(35)13-18)16-29-37-26-9-6-17(31(39)40)14-27(26)38(29)10-11-41-2/h3-9,12-15H,10-11,16H2,1-2H3,(H,39,40). The number of ether oxygens (including phenoxy) is 3. The zero-order valence-corrected chi connectivity index (χ0v) is 23.7. The van der Waals surface area contributed by atoms with Crippen molar-refractivity contribution in [2.24, 2.45) is 0 Å². The monoisotopic (exact) mass is 608 g/mol. The van der Waals surface area contributed by atoms with Crippen LogP contribution in [0.5, 0.6) is 11.5 Å². The largest absolute Gasteiger partial charge is 0.478 e. The Morgan fingerprint density at radius 3 is 2.49 bits per heavy atom. The molecule has 0 bridgehead atoms. The molecule has 1 N–H and O–H groups in total. The van der Waals surface area contributed by atoms with E-state index in [0.717, 1.165) is 6.07 Å². The lowest BCUT2D eigenvalue weighted by Crippen LogP contribution is -2.32. The van der Waals surface area contributed by atoms with E-state index in [-0.39, 0.29) is 51.8 Å². The van der Waals surface area contributed by atoms with Crippen LogP contribution in [0.4, 0.5) is 13.2 Å². The molecule has 4 aromatic carbocycles. The molecule has 0 fully saturated rings. The van der Waals surface area contributed by atoms with Gasteiger partial charge in [0.15, 0.2) is 11.5 Å². The summed E-state index contributed by atoms with van der Waals surface area (Å²) in [7, 11) is 1.52. The zero-order valence-electron chi connectivity index (χ0n) is 23.0. The van der Waals surface area contributed by atoms with Gasteiger partial charge in [-0.1, -0.05) is 23.7 Å². The van der Waals surface area contributed by atoms with Crippen molar-refractivity contribution in [1.82, 2.24) is 9.55 Å². The van der Waals surface area contributed by atoms with Crippen molar-refractivity contribution in [2.75, 3.05) is 13.7 Å². The van der Waals surface area contributed by atoms with Crippen LogP contribution in [0.25, 0.3) is 22.2 Å². The molecule has 11 heteroatoms. The summed E-state index contributed by atoms with van der Waals surface area (Å²) >= 11 is 5.90. The number of aromatic carboxylic acids is 1. The van der Waals surface area contributed by atoms with Gasteiger partial charge in [-0.3, -0.25) is 0 Å². The molecule has 2 heterocycles. The third-order valence-electron chi connectivity index (χ3n) is 7.38. The molecule has 1 aromatic heterocycles. The van der Waals surface area contributed by atoms with Gasteiger partial charge in [0.1, 0.15) is 23.3 Å². The van der Waals surface area contributed by atoms with E-state index < -0.39 is 29.2 Å². The van der Waals surface area contributed by atoms with Crippen LogP contribution in [0, 0.1) is 17.5 Å². The highest BCUT2D eigenvalue weighted by molar-refractivity contribution is 6.30. The van der Waals surface area contributed by atoms with Crippen molar-refractivity contribution in [2.45, 2.75) is 25.7 Å². The van der Waals surface area contributed by atoms with Gasteiger partial charge in [0.05, 0.1) is 28.8 Å². The number of benzene rings is 4. The van der Waals surface area contributed by atoms with Crippen LogP contribution in [0.3, 0.4) is 0 Å². The van der Waals surface area contributed by atoms with E-state index in [4.69, 9.17) is 25.8 Å². The summed E-state index contributed by atoms with van der Waals surface area (Å²) in [6.45, 7) is 2.12. The number of nitrogens with zero attached hydrogens (tertiary/aromatic N) is 2. The van der Waals surface area contributed by atoms with Crippen molar-refractivity contribution < 1.29 is 37.3 Å². The number of carboxylic acids is 1. The number of fused-ring (bicyclic) bond motifs is 2. The number of halogens is 4. The normalized spacial score (nSPS) is 15.8. The van der Waals surface area contributed by atoms with E-state index >= 15 is 8.78 Å². The van der Waals surface area contributed by atoms with Crippen LogP contribution in [0.15, 0.2) is 66.7 Å². The molecule has 1 atom stereocenters. The molecule has 1 unspecified atom stereocenters. The Morgan fingerprint density at radius 2 is 1.79 bits per heavy atom. The summed E-state index contributed by atoms with van der Waals surface area (Å²) in [5.74, 6) is -4.04. The first-order chi connectivity index (χ1) is 20.6. The number of aromatic nitrogens is 2. The molecule has 6 rings (SSSR count). The molecular formula is C32H24ClF3N2O5. The van der Waals surface area contributed by atoms with Crippen molar-refractivity contribution in [3.8, 4) is 22.6 Å². The van der Waals surface area contributed by atoms with Crippen molar-refractivity contribution in [3.05, 3.63) is 112 Å². The smallest absolute Gasteiger partial charge is 0.335 e. The Labute approximate surface area is 249 Å². The molecule has 0 spiro atoms. The molecule has 1 aliphatic rings. The molecule has 43 heavy (non-hydrogen) atoms. The number of carboxylic acid groups (broad SMARTS) is 1.